The van der Waals surface area contributed by atoms with Crippen LogP contribution in [0.1, 0.15) is 41.6 Å². The molecule has 1 saturated carbocycles. The number of hydrogen-bond donors (Lipinski definition) is 3. The Bertz CT molecular complexity index is 927. The molecule has 0 aliphatic heterocycles. The Kier molecular flexibility index (Phi) is 6.54. The van der Waals surface area contributed by atoms with Gasteiger partial charge in [-0.3, -0.25) is 14.4 Å². The second-order valence-corrected chi connectivity index (χ2v) is 7.75. The Hall–Kier alpha value is -2.86. The zero-order chi connectivity index (χ0) is 21.0. The second-order valence-electron chi connectivity index (χ2n) is 7.32. The van der Waals surface area contributed by atoms with Crippen molar-refractivity contribution in [3.8, 4) is 0 Å². The van der Waals surface area contributed by atoms with E-state index in [2.05, 4.69) is 10.6 Å². The average molecular weight is 415 g/mol. The zero-order valence-corrected chi connectivity index (χ0v) is 16.8. The third kappa shape index (κ3) is 5.15. The number of amides is 2. The minimum Gasteiger partial charge on any atom is -0.481 e. The van der Waals surface area contributed by atoms with Gasteiger partial charge in [0, 0.05) is 22.0 Å². The summed E-state index contributed by atoms with van der Waals surface area (Å²) in [7, 11) is 0. The smallest absolute Gasteiger partial charge is 0.307 e. The van der Waals surface area contributed by atoms with Crippen LogP contribution in [0.25, 0.3) is 0 Å². The molecular weight excluding hydrogens is 392 g/mol. The molecular formula is C22H23ClN2O4. The summed E-state index contributed by atoms with van der Waals surface area (Å²) in [5, 5.41) is 15.6. The Morgan fingerprint density at radius 3 is 2.28 bits per heavy atom. The number of carbonyl (C=O) groups is 3. The van der Waals surface area contributed by atoms with Crippen LogP contribution in [0.3, 0.4) is 0 Å². The van der Waals surface area contributed by atoms with Gasteiger partial charge in [-0.25, -0.2) is 0 Å². The summed E-state index contributed by atoms with van der Waals surface area (Å²) in [4.78, 5) is 36.6. The summed E-state index contributed by atoms with van der Waals surface area (Å²) in [5.74, 6) is -2.71. The van der Waals surface area contributed by atoms with E-state index in [1.165, 1.54) is 0 Å². The van der Waals surface area contributed by atoms with Gasteiger partial charge in [0.15, 0.2) is 0 Å². The van der Waals surface area contributed by atoms with E-state index in [4.69, 9.17) is 11.6 Å². The van der Waals surface area contributed by atoms with Crippen molar-refractivity contribution in [2.75, 3.05) is 10.6 Å². The molecule has 0 aromatic heterocycles. The van der Waals surface area contributed by atoms with Crippen molar-refractivity contribution >= 4 is 40.8 Å². The summed E-state index contributed by atoms with van der Waals surface area (Å²) in [6.45, 7) is 1.85. The van der Waals surface area contributed by atoms with Crippen LogP contribution >= 0.6 is 11.6 Å². The lowest BCUT2D eigenvalue weighted by molar-refractivity contribution is -0.147. The molecule has 0 spiro atoms. The van der Waals surface area contributed by atoms with Crippen molar-refractivity contribution in [3.05, 3.63) is 58.6 Å². The number of anilines is 2. The average Bonchev–Trinajstić information content (AvgIpc) is 2.70. The van der Waals surface area contributed by atoms with Gasteiger partial charge >= 0.3 is 5.97 Å². The van der Waals surface area contributed by atoms with E-state index in [0.717, 1.165) is 18.4 Å². The van der Waals surface area contributed by atoms with Gasteiger partial charge in [-0.1, -0.05) is 30.5 Å². The Balaban J connectivity index is 1.73. The molecule has 1 aliphatic carbocycles. The summed E-state index contributed by atoms with van der Waals surface area (Å²) in [6, 6.07) is 11.8. The van der Waals surface area contributed by atoms with E-state index in [-0.39, 0.29) is 11.8 Å². The number of aryl methyl sites for hydroxylation is 1. The van der Waals surface area contributed by atoms with Gasteiger partial charge in [0.2, 0.25) is 5.91 Å². The minimum absolute atomic E-state index is 0.286. The molecule has 2 aromatic rings. The third-order valence-corrected chi connectivity index (χ3v) is 5.53. The maximum absolute atomic E-state index is 12.7. The maximum atomic E-state index is 12.7. The molecule has 0 radical (unpaired) electrons. The molecule has 2 amide bonds. The molecule has 2 aromatic carbocycles. The van der Waals surface area contributed by atoms with Gasteiger partial charge in [-0.2, -0.15) is 0 Å². The highest BCUT2D eigenvalue weighted by Crippen LogP contribution is 2.32. The van der Waals surface area contributed by atoms with Gasteiger partial charge in [-0.15, -0.1) is 0 Å². The highest BCUT2D eigenvalue weighted by Gasteiger charge is 2.35. The SMILES string of the molecule is Cc1ccc(NC(=O)[C@@H]2CCCC[C@H]2C(=O)O)cc1NC(=O)c1ccc(Cl)cc1. The lowest BCUT2D eigenvalue weighted by Crippen LogP contribution is -2.36. The molecule has 7 heteroatoms. The fraction of sp³-hybridized carbons (Fsp3) is 0.318. The number of nitrogens with one attached hydrogen (secondary N) is 2. The van der Waals surface area contributed by atoms with Gasteiger partial charge in [-0.05, 0) is 61.7 Å². The molecule has 1 fully saturated rings. The molecule has 3 N–H and O–H groups in total. The van der Waals surface area contributed by atoms with Crippen molar-refractivity contribution in [2.24, 2.45) is 11.8 Å². The van der Waals surface area contributed by atoms with Crippen molar-refractivity contribution < 1.29 is 19.5 Å². The molecule has 3 rings (SSSR count). The number of carbonyl (C=O) groups excluding carboxylic acids is 2. The molecule has 1 aliphatic rings. The Morgan fingerprint density at radius 1 is 0.966 bits per heavy atom. The van der Waals surface area contributed by atoms with Crippen LogP contribution in [0.15, 0.2) is 42.5 Å². The van der Waals surface area contributed by atoms with Crippen LogP contribution in [0, 0.1) is 18.8 Å². The number of aliphatic carboxylic acids is 1. The van der Waals surface area contributed by atoms with Crippen molar-refractivity contribution in [1.82, 2.24) is 0 Å². The lowest BCUT2D eigenvalue weighted by atomic mass is 9.78. The second kappa shape index (κ2) is 9.09. The van der Waals surface area contributed by atoms with E-state index < -0.39 is 17.8 Å². The van der Waals surface area contributed by atoms with E-state index in [0.29, 0.717) is 34.8 Å². The number of benzene rings is 2. The van der Waals surface area contributed by atoms with Crippen molar-refractivity contribution in [3.63, 3.8) is 0 Å². The van der Waals surface area contributed by atoms with E-state index in [1.807, 2.05) is 6.92 Å². The first-order valence-corrected chi connectivity index (χ1v) is 9.94. The highest BCUT2D eigenvalue weighted by atomic mass is 35.5. The molecule has 0 unspecified atom stereocenters. The molecule has 0 bridgehead atoms. The van der Waals surface area contributed by atoms with Crippen molar-refractivity contribution in [2.45, 2.75) is 32.6 Å². The molecule has 152 valence electrons. The standard InChI is InChI=1S/C22H23ClN2O4/c1-13-6-11-16(24-21(27)17-4-2-3-5-18(17)22(28)29)12-19(13)25-20(26)14-7-9-15(23)10-8-14/h6-12,17-18H,2-5H2,1H3,(H,24,27)(H,25,26)(H,28,29)/t17-,18-/m1/s1. The third-order valence-electron chi connectivity index (χ3n) is 5.28. The Morgan fingerprint density at radius 2 is 1.62 bits per heavy atom. The lowest BCUT2D eigenvalue weighted by Gasteiger charge is -2.27. The number of halogens is 1. The fourth-order valence-corrected chi connectivity index (χ4v) is 3.73. The van der Waals surface area contributed by atoms with Crippen LogP contribution in [0.4, 0.5) is 11.4 Å². The van der Waals surface area contributed by atoms with Gasteiger partial charge in [0.1, 0.15) is 0 Å². The predicted molar refractivity (Wildman–Crippen MR) is 112 cm³/mol. The summed E-state index contributed by atoms with van der Waals surface area (Å²) >= 11 is 5.86. The van der Waals surface area contributed by atoms with Gasteiger partial charge in [0.05, 0.1) is 11.8 Å². The Labute approximate surface area is 174 Å². The summed E-state index contributed by atoms with van der Waals surface area (Å²) < 4.78 is 0. The molecule has 6 nitrogen and oxygen atoms in total. The first-order valence-electron chi connectivity index (χ1n) is 9.56. The number of carboxylic acid groups (broad SMARTS) is 1. The number of rotatable bonds is 5. The largest absolute Gasteiger partial charge is 0.481 e. The summed E-state index contributed by atoms with van der Waals surface area (Å²) in [6.07, 6.45) is 2.75. The maximum Gasteiger partial charge on any atom is 0.307 e. The predicted octanol–water partition coefficient (Wildman–Crippen LogP) is 4.73. The van der Waals surface area contributed by atoms with Crippen LogP contribution in [0.2, 0.25) is 5.02 Å². The molecule has 0 saturated heterocycles. The molecule has 2 atom stereocenters. The van der Waals surface area contributed by atoms with Crippen LogP contribution < -0.4 is 10.6 Å². The normalized spacial score (nSPS) is 18.7. The molecule has 29 heavy (non-hydrogen) atoms. The van der Waals surface area contributed by atoms with E-state index >= 15 is 0 Å². The zero-order valence-electron chi connectivity index (χ0n) is 16.1. The fourth-order valence-electron chi connectivity index (χ4n) is 3.61. The summed E-state index contributed by atoms with van der Waals surface area (Å²) in [5.41, 5.74) is 2.39. The highest BCUT2D eigenvalue weighted by molar-refractivity contribution is 6.30. The van der Waals surface area contributed by atoms with Gasteiger partial charge < -0.3 is 15.7 Å². The topological polar surface area (TPSA) is 95.5 Å². The van der Waals surface area contributed by atoms with Crippen LogP contribution in [0.5, 0.6) is 0 Å². The van der Waals surface area contributed by atoms with E-state index in [9.17, 15) is 19.5 Å². The molecule has 0 heterocycles. The first kappa shape index (κ1) is 20.9. The van der Waals surface area contributed by atoms with Crippen molar-refractivity contribution in [1.29, 1.82) is 0 Å². The number of hydrogen-bond acceptors (Lipinski definition) is 3. The quantitative estimate of drug-likeness (QED) is 0.659. The number of carboxylic acids is 1. The monoisotopic (exact) mass is 414 g/mol. The minimum atomic E-state index is -0.926. The first-order chi connectivity index (χ1) is 13.8. The van der Waals surface area contributed by atoms with Crippen LogP contribution in [-0.2, 0) is 9.59 Å². The van der Waals surface area contributed by atoms with E-state index in [1.54, 1.807) is 42.5 Å². The van der Waals surface area contributed by atoms with Gasteiger partial charge in [0.25, 0.3) is 5.91 Å². The van der Waals surface area contributed by atoms with Crippen LogP contribution in [-0.4, -0.2) is 22.9 Å².